The van der Waals surface area contributed by atoms with Crippen molar-refractivity contribution in [1.29, 1.82) is 0 Å². The first-order valence-electron chi connectivity index (χ1n) is 4.48. The Bertz CT molecular complexity index is 203. The maximum Gasteiger partial charge on any atom is 0.219 e. The van der Waals surface area contributed by atoms with E-state index in [4.69, 9.17) is 4.74 Å². The van der Waals surface area contributed by atoms with E-state index in [-0.39, 0.29) is 11.9 Å². The van der Waals surface area contributed by atoms with Gasteiger partial charge in [-0.3, -0.25) is 4.79 Å². The van der Waals surface area contributed by atoms with E-state index >= 15 is 0 Å². The van der Waals surface area contributed by atoms with Gasteiger partial charge < -0.3 is 14.7 Å². The summed E-state index contributed by atoms with van der Waals surface area (Å²) in [6.07, 6.45) is 0.579. The zero-order chi connectivity index (χ0) is 10.1. The second kappa shape index (κ2) is 3.64. The third-order valence-electron chi connectivity index (χ3n) is 2.71. The number of hydrogen-bond donors (Lipinski definition) is 1. The Labute approximate surface area is 78.5 Å². The molecule has 1 aliphatic rings. The fourth-order valence-corrected chi connectivity index (χ4v) is 1.57. The summed E-state index contributed by atoms with van der Waals surface area (Å²) in [5.41, 5.74) is -0.821. The van der Waals surface area contributed by atoms with Gasteiger partial charge in [-0.2, -0.15) is 0 Å². The molecule has 0 radical (unpaired) electrons. The molecule has 1 fully saturated rings. The van der Waals surface area contributed by atoms with Crippen molar-refractivity contribution < 1.29 is 14.6 Å². The molecule has 13 heavy (non-hydrogen) atoms. The molecule has 2 atom stereocenters. The van der Waals surface area contributed by atoms with Crippen LogP contribution in [0.1, 0.15) is 20.3 Å². The summed E-state index contributed by atoms with van der Waals surface area (Å²) in [5.74, 6) is -0.0456. The van der Waals surface area contributed by atoms with E-state index in [0.29, 0.717) is 19.6 Å². The Morgan fingerprint density at radius 1 is 1.69 bits per heavy atom. The van der Waals surface area contributed by atoms with Gasteiger partial charge in [0.2, 0.25) is 5.91 Å². The molecule has 0 saturated carbocycles. The molecular formula is C9H17NO3. The van der Waals surface area contributed by atoms with Crippen LogP contribution in [0.3, 0.4) is 0 Å². The molecule has 0 bridgehead atoms. The minimum absolute atomic E-state index is 0.0456. The van der Waals surface area contributed by atoms with Crippen LogP contribution in [0.4, 0.5) is 0 Å². The first kappa shape index (κ1) is 10.5. The molecule has 1 aliphatic heterocycles. The number of hydrogen-bond acceptors (Lipinski definition) is 3. The number of ether oxygens (including phenoxy) is 1. The van der Waals surface area contributed by atoms with E-state index < -0.39 is 5.60 Å². The van der Waals surface area contributed by atoms with Crippen LogP contribution in [-0.4, -0.2) is 47.8 Å². The molecule has 0 spiro atoms. The van der Waals surface area contributed by atoms with Gasteiger partial charge >= 0.3 is 0 Å². The average Bonchev–Trinajstić information content (AvgIpc) is 2.02. The first-order chi connectivity index (χ1) is 5.95. The maximum absolute atomic E-state index is 11.1. The molecular weight excluding hydrogens is 170 g/mol. The van der Waals surface area contributed by atoms with E-state index in [1.165, 1.54) is 6.92 Å². The fraction of sp³-hybridized carbons (Fsp3) is 0.889. The van der Waals surface area contributed by atoms with Crippen molar-refractivity contribution in [3.63, 3.8) is 0 Å². The molecule has 4 heteroatoms. The van der Waals surface area contributed by atoms with Crippen LogP contribution in [0.2, 0.25) is 0 Å². The molecule has 1 N–H and O–H groups in total. The summed E-state index contributed by atoms with van der Waals surface area (Å²) < 4.78 is 5.24. The fourth-order valence-electron chi connectivity index (χ4n) is 1.57. The van der Waals surface area contributed by atoms with Gasteiger partial charge in [0.15, 0.2) is 0 Å². The molecule has 76 valence electrons. The second-order valence-corrected chi connectivity index (χ2v) is 3.83. The minimum atomic E-state index is -0.821. The molecule has 1 rings (SSSR count). The van der Waals surface area contributed by atoms with Gasteiger partial charge in [-0.25, -0.2) is 0 Å². The number of carbonyl (C=O) groups is 1. The van der Waals surface area contributed by atoms with E-state index in [2.05, 4.69) is 0 Å². The Kier molecular flexibility index (Phi) is 2.93. The van der Waals surface area contributed by atoms with Crippen LogP contribution in [-0.2, 0) is 9.53 Å². The number of rotatable bonds is 1. The summed E-state index contributed by atoms with van der Waals surface area (Å²) in [6, 6.07) is -0.223. The highest BCUT2D eigenvalue weighted by atomic mass is 16.5. The van der Waals surface area contributed by atoms with Gasteiger partial charge in [-0.15, -0.1) is 0 Å². The van der Waals surface area contributed by atoms with E-state index in [9.17, 15) is 9.90 Å². The lowest BCUT2D eigenvalue weighted by Gasteiger charge is -2.41. The summed E-state index contributed by atoms with van der Waals surface area (Å²) in [6.45, 7) is 4.22. The lowest BCUT2D eigenvalue weighted by Crippen LogP contribution is -2.56. The SMILES string of the molecule is CC(=O)N(C)C1COCCC1(C)O. The van der Waals surface area contributed by atoms with Crippen molar-refractivity contribution in [3.05, 3.63) is 0 Å². The largest absolute Gasteiger partial charge is 0.388 e. The number of amides is 1. The average molecular weight is 187 g/mol. The summed E-state index contributed by atoms with van der Waals surface area (Å²) in [5, 5.41) is 9.98. The van der Waals surface area contributed by atoms with Crippen LogP contribution in [0.15, 0.2) is 0 Å². The smallest absolute Gasteiger partial charge is 0.219 e. The molecule has 0 aromatic heterocycles. The zero-order valence-corrected chi connectivity index (χ0v) is 8.41. The zero-order valence-electron chi connectivity index (χ0n) is 8.41. The lowest BCUT2D eigenvalue weighted by molar-refractivity contribution is -0.148. The Balaban J connectivity index is 2.70. The highest BCUT2D eigenvalue weighted by molar-refractivity contribution is 5.73. The summed E-state index contributed by atoms with van der Waals surface area (Å²) >= 11 is 0. The standard InChI is InChI=1S/C9H17NO3/c1-7(11)10(3)8-6-13-5-4-9(8,2)12/h8,12H,4-6H2,1-3H3. The number of aliphatic hydroxyl groups is 1. The van der Waals surface area contributed by atoms with Crippen molar-refractivity contribution in [2.75, 3.05) is 20.3 Å². The quantitative estimate of drug-likeness (QED) is 0.629. The molecule has 4 nitrogen and oxygen atoms in total. The van der Waals surface area contributed by atoms with Crippen molar-refractivity contribution in [3.8, 4) is 0 Å². The van der Waals surface area contributed by atoms with Crippen LogP contribution in [0, 0.1) is 0 Å². The number of likely N-dealkylation sites (N-methyl/N-ethyl adjacent to an activating group) is 1. The van der Waals surface area contributed by atoms with Crippen LogP contribution in [0.5, 0.6) is 0 Å². The van der Waals surface area contributed by atoms with Gasteiger partial charge in [0.05, 0.1) is 18.2 Å². The normalized spacial score (nSPS) is 34.3. The predicted octanol–water partition coefficient (Wildman–Crippen LogP) is 0.00460. The molecule has 1 saturated heterocycles. The van der Waals surface area contributed by atoms with Gasteiger partial charge in [0.25, 0.3) is 0 Å². The Morgan fingerprint density at radius 2 is 2.31 bits per heavy atom. The third-order valence-corrected chi connectivity index (χ3v) is 2.71. The van der Waals surface area contributed by atoms with Crippen molar-refractivity contribution in [2.24, 2.45) is 0 Å². The van der Waals surface area contributed by atoms with Crippen LogP contribution >= 0.6 is 0 Å². The van der Waals surface area contributed by atoms with Crippen LogP contribution < -0.4 is 0 Å². The monoisotopic (exact) mass is 187 g/mol. The van der Waals surface area contributed by atoms with Gasteiger partial charge in [-0.1, -0.05) is 0 Å². The van der Waals surface area contributed by atoms with Gasteiger partial charge in [0.1, 0.15) is 0 Å². The van der Waals surface area contributed by atoms with Crippen molar-refractivity contribution in [1.82, 2.24) is 4.90 Å². The van der Waals surface area contributed by atoms with E-state index in [1.807, 2.05) is 0 Å². The van der Waals surface area contributed by atoms with E-state index in [1.54, 1.807) is 18.9 Å². The lowest BCUT2D eigenvalue weighted by atomic mass is 9.90. The predicted molar refractivity (Wildman–Crippen MR) is 48.3 cm³/mol. The maximum atomic E-state index is 11.1. The minimum Gasteiger partial charge on any atom is -0.388 e. The highest BCUT2D eigenvalue weighted by Crippen LogP contribution is 2.23. The Morgan fingerprint density at radius 3 is 2.77 bits per heavy atom. The number of carbonyl (C=O) groups excluding carboxylic acids is 1. The van der Waals surface area contributed by atoms with Crippen molar-refractivity contribution >= 4 is 5.91 Å². The molecule has 0 aromatic rings. The van der Waals surface area contributed by atoms with E-state index in [0.717, 1.165) is 0 Å². The summed E-state index contributed by atoms with van der Waals surface area (Å²) in [7, 11) is 1.69. The molecule has 0 aliphatic carbocycles. The number of nitrogens with zero attached hydrogens (tertiary/aromatic N) is 1. The molecule has 1 amide bonds. The molecule has 0 aromatic carbocycles. The first-order valence-corrected chi connectivity index (χ1v) is 4.48. The van der Waals surface area contributed by atoms with Crippen molar-refractivity contribution in [2.45, 2.75) is 31.9 Å². The van der Waals surface area contributed by atoms with Crippen LogP contribution in [0.25, 0.3) is 0 Å². The second-order valence-electron chi connectivity index (χ2n) is 3.83. The third kappa shape index (κ3) is 2.19. The summed E-state index contributed by atoms with van der Waals surface area (Å²) in [4.78, 5) is 12.6. The topological polar surface area (TPSA) is 49.8 Å². The van der Waals surface area contributed by atoms with Gasteiger partial charge in [0, 0.05) is 27.0 Å². The van der Waals surface area contributed by atoms with Gasteiger partial charge in [-0.05, 0) is 6.92 Å². The molecule has 1 heterocycles. The highest BCUT2D eigenvalue weighted by Gasteiger charge is 2.38. The Hall–Kier alpha value is -0.610. The molecule has 2 unspecified atom stereocenters.